The Labute approximate surface area is 103 Å². The standard InChI is InChI=1S/C14H20O3/c1-3-10-16-11-9-14(15)12-5-7-13(8-6-12)17-4-2/h5-8H,3-4,9-11H2,1-2H3. The van der Waals surface area contributed by atoms with Crippen molar-refractivity contribution in [2.24, 2.45) is 0 Å². The Bertz CT molecular complexity index is 330. The van der Waals surface area contributed by atoms with Crippen LogP contribution in [0.25, 0.3) is 0 Å². The van der Waals surface area contributed by atoms with Gasteiger partial charge in [-0.1, -0.05) is 6.92 Å². The predicted molar refractivity (Wildman–Crippen MR) is 67.7 cm³/mol. The molecule has 0 saturated carbocycles. The number of hydrogen-bond acceptors (Lipinski definition) is 3. The second-order valence-electron chi connectivity index (χ2n) is 3.74. The first kappa shape index (κ1) is 13.7. The van der Waals surface area contributed by atoms with Crippen LogP contribution in [0.2, 0.25) is 0 Å². The summed E-state index contributed by atoms with van der Waals surface area (Å²) in [6.45, 7) is 5.84. The molecular formula is C14H20O3. The summed E-state index contributed by atoms with van der Waals surface area (Å²) in [4.78, 5) is 11.8. The van der Waals surface area contributed by atoms with Gasteiger partial charge in [-0.15, -0.1) is 0 Å². The molecule has 0 radical (unpaired) electrons. The van der Waals surface area contributed by atoms with E-state index >= 15 is 0 Å². The van der Waals surface area contributed by atoms with Crippen LogP contribution in [0.1, 0.15) is 37.0 Å². The van der Waals surface area contributed by atoms with Gasteiger partial charge in [0.15, 0.2) is 5.78 Å². The van der Waals surface area contributed by atoms with E-state index in [4.69, 9.17) is 9.47 Å². The van der Waals surface area contributed by atoms with E-state index in [2.05, 4.69) is 0 Å². The average molecular weight is 236 g/mol. The van der Waals surface area contributed by atoms with Crippen LogP contribution in [0.3, 0.4) is 0 Å². The van der Waals surface area contributed by atoms with Gasteiger partial charge in [-0.05, 0) is 37.6 Å². The third-order valence-electron chi connectivity index (χ3n) is 2.31. The molecule has 0 spiro atoms. The molecule has 0 aliphatic carbocycles. The summed E-state index contributed by atoms with van der Waals surface area (Å²) in [6, 6.07) is 7.24. The Morgan fingerprint density at radius 2 is 1.82 bits per heavy atom. The normalized spacial score (nSPS) is 10.2. The molecule has 3 heteroatoms. The van der Waals surface area contributed by atoms with E-state index in [1.807, 2.05) is 26.0 Å². The molecule has 0 fully saturated rings. The lowest BCUT2D eigenvalue weighted by Gasteiger charge is -2.05. The zero-order valence-electron chi connectivity index (χ0n) is 10.6. The Kier molecular flexibility index (Phi) is 6.33. The van der Waals surface area contributed by atoms with Crippen molar-refractivity contribution in [3.05, 3.63) is 29.8 Å². The number of hydrogen-bond donors (Lipinski definition) is 0. The van der Waals surface area contributed by atoms with Crippen LogP contribution >= 0.6 is 0 Å². The Balaban J connectivity index is 2.40. The van der Waals surface area contributed by atoms with Gasteiger partial charge in [-0.25, -0.2) is 0 Å². The molecule has 0 aliphatic rings. The number of Topliss-reactive ketones (excluding diaryl/α,β-unsaturated/α-hetero) is 1. The van der Waals surface area contributed by atoms with Gasteiger partial charge in [0.1, 0.15) is 5.75 Å². The van der Waals surface area contributed by atoms with Crippen LogP contribution in [-0.4, -0.2) is 25.6 Å². The second kappa shape index (κ2) is 7.85. The number of ether oxygens (including phenoxy) is 2. The SMILES string of the molecule is CCCOCCC(=O)c1ccc(OCC)cc1. The summed E-state index contributed by atoms with van der Waals surface area (Å²) < 4.78 is 10.6. The van der Waals surface area contributed by atoms with Gasteiger partial charge in [-0.2, -0.15) is 0 Å². The van der Waals surface area contributed by atoms with Gasteiger partial charge >= 0.3 is 0 Å². The molecule has 0 aromatic heterocycles. The number of rotatable bonds is 8. The Morgan fingerprint density at radius 3 is 2.41 bits per heavy atom. The minimum atomic E-state index is 0.115. The zero-order chi connectivity index (χ0) is 12.5. The number of benzene rings is 1. The second-order valence-corrected chi connectivity index (χ2v) is 3.74. The molecule has 0 atom stereocenters. The molecule has 0 amide bonds. The summed E-state index contributed by atoms with van der Waals surface area (Å²) in [6.07, 6.45) is 1.42. The molecule has 1 aromatic rings. The molecule has 0 saturated heterocycles. The van der Waals surface area contributed by atoms with Crippen molar-refractivity contribution in [1.82, 2.24) is 0 Å². The van der Waals surface area contributed by atoms with Gasteiger partial charge in [0, 0.05) is 18.6 Å². The van der Waals surface area contributed by atoms with E-state index in [9.17, 15) is 4.79 Å². The maximum absolute atomic E-state index is 11.8. The minimum Gasteiger partial charge on any atom is -0.494 e. The summed E-state index contributed by atoms with van der Waals surface area (Å²) in [5.41, 5.74) is 0.716. The summed E-state index contributed by atoms with van der Waals surface area (Å²) >= 11 is 0. The molecule has 0 aliphatic heterocycles. The van der Waals surface area contributed by atoms with E-state index < -0.39 is 0 Å². The van der Waals surface area contributed by atoms with Gasteiger partial charge in [0.2, 0.25) is 0 Å². The monoisotopic (exact) mass is 236 g/mol. The lowest BCUT2D eigenvalue weighted by molar-refractivity contribution is 0.0879. The smallest absolute Gasteiger partial charge is 0.165 e. The molecule has 3 nitrogen and oxygen atoms in total. The fourth-order valence-electron chi connectivity index (χ4n) is 1.46. The summed E-state index contributed by atoms with van der Waals surface area (Å²) in [5.74, 6) is 0.912. The molecule has 1 rings (SSSR count). The topological polar surface area (TPSA) is 35.5 Å². The van der Waals surface area contributed by atoms with Crippen molar-refractivity contribution in [3.8, 4) is 5.75 Å². The highest BCUT2D eigenvalue weighted by atomic mass is 16.5. The molecular weight excluding hydrogens is 216 g/mol. The molecule has 17 heavy (non-hydrogen) atoms. The van der Waals surface area contributed by atoms with Crippen LogP contribution < -0.4 is 4.74 Å². The lowest BCUT2D eigenvalue weighted by Crippen LogP contribution is -2.05. The third-order valence-corrected chi connectivity index (χ3v) is 2.31. The van der Waals surface area contributed by atoms with Crippen LogP contribution in [0, 0.1) is 0 Å². The van der Waals surface area contributed by atoms with Crippen LogP contribution in [0.5, 0.6) is 5.75 Å². The first-order valence-corrected chi connectivity index (χ1v) is 6.11. The fraction of sp³-hybridized carbons (Fsp3) is 0.500. The highest BCUT2D eigenvalue weighted by Gasteiger charge is 2.05. The van der Waals surface area contributed by atoms with Crippen molar-refractivity contribution in [1.29, 1.82) is 0 Å². The summed E-state index contributed by atoms with van der Waals surface area (Å²) in [5, 5.41) is 0. The third kappa shape index (κ3) is 5.00. The lowest BCUT2D eigenvalue weighted by atomic mass is 10.1. The first-order valence-electron chi connectivity index (χ1n) is 6.11. The maximum atomic E-state index is 11.8. The molecule has 0 unspecified atom stereocenters. The van der Waals surface area contributed by atoms with E-state index in [1.165, 1.54) is 0 Å². The quantitative estimate of drug-likeness (QED) is 0.514. The highest BCUT2D eigenvalue weighted by molar-refractivity contribution is 5.96. The van der Waals surface area contributed by atoms with E-state index in [0.29, 0.717) is 25.2 Å². The predicted octanol–water partition coefficient (Wildman–Crippen LogP) is 3.08. The number of carbonyl (C=O) groups excluding carboxylic acids is 1. The van der Waals surface area contributed by atoms with Gasteiger partial charge < -0.3 is 9.47 Å². The van der Waals surface area contributed by atoms with Crippen LogP contribution in [0.4, 0.5) is 0 Å². The first-order chi connectivity index (χ1) is 8.27. The molecule has 94 valence electrons. The molecule has 0 N–H and O–H groups in total. The van der Waals surface area contributed by atoms with E-state index in [0.717, 1.165) is 18.8 Å². The van der Waals surface area contributed by atoms with Crippen molar-refractivity contribution in [3.63, 3.8) is 0 Å². The molecule has 0 heterocycles. The number of ketones is 1. The van der Waals surface area contributed by atoms with Crippen molar-refractivity contribution in [2.45, 2.75) is 26.7 Å². The summed E-state index contributed by atoms with van der Waals surface area (Å²) in [7, 11) is 0. The highest BCUT2D eigenvalue weighted by Crippen LogP contribution is 2.13. The Morgan fingerprint density at radius 1 is 1.12 bits per heavy atom. The van der Waals surface area contributed by atoms with Gasteiger partial charge in [0.05, 0.1) is 13.2 Å². The minimum absolute atomic E-state index is 0.115. The van der Waals surface area contributed by atoms with E-state index in [-0.39, 0.29) is 5.78 Å². The van der Waals surface area contributed by atoms with Gasteiger partial charge in [-0.3, -0.25) is 4.79 Å². The zero-order valence-corrected chi connectivity index (χ0v) is 10.6. The largest absolute Gasteiger partial charge is 0.494 e. The number of carbonyl (C=O) groups is 1. The molecule has 1 aromatic carbocycles. The fourth-order valence-corrected chi connectivity index (χ4v) is 1.46. The van der Waals surface area contributed by atoms with E-state index in [1.54, 1.807) is 12.1 Å². The average Bonchev–Trinajstić information content (AvgIpc) is 2.36. The molecule has 0 bridgehead atoms. The van der Waals surface area contributed by atoms with Crippen molar-refractivity contribution < 1.29 is 14.3 Å². The van der Waals surface area contributed by atoms with Crippen LogP contribution in [-0.2, 0) is 4.74 Å². The van der Waals surface area contributed by atoms with Gasteiger partial charge in [0.25, 0.3) is 0 Å². The van der Waals surface area contributed by atoms with Crippen molar-refractivity contribution >= 4 is 5.78 Å². The Hall–Kier alpha value is -1.35. The van der Waals surface area contributed by atoms with Crippen LogP contribution in [0.15, 0.2) is 24.3 Å². The maximum Gasteiger partial charge on any atom is 0.165 e. The van der Waals surface area contributed by atoms with Crippen molar-refractivity contribution in [2.75, 3.05) is 19.8 Å².